The van der Waals surface area contributed by atoms with Gasteiger partial charge in [0, 0.05) is 19.3 Å². The van der Waals surface area contributed by atoms with Crippen molar-refractivity contribution < 1.29 is 28.6 Å². The van der Waals surface area contributed by atoms with Crippen molar-refractivity contribution in [2.24, 2.45) is 0 Å². The molecule has 0 aliphatic rings. The number of rotatable bonds is 47. The van der Waals surface area contributed by atoms with Gasteiger partial charge in [-0.1, -0.05) is 206 Å². The van der Waals surface area contributed by atoms with Crippen LogP contribution in [0.25, 0.3) is 0 Å². The lowest BCUT2D eigenvalue weighted by molar-refractivity contribution is -0.167. The van der Waals surface area contributed by atoms with Crippen molar-refractivity contribution in [3.05, 3.63) is 134 Å². The Labute approximate surface area is 417 Å². The second-order valence-corrected chi connectivity index (χ2v) is 17.3. The molecule has 0 fully saturated rings. The first-order chi connectivity index (χ1) is 33.5. The maximum absolute atomic E-state index is 12.8. The predicted molar refractivity (Wildman–Crippen MR) is 292 cm³/mol. The summed E-state index contributed by atoms with van der Waals surface area (Å²) in [6, 6.07) is 0. The van der Waals surface area contributed by atoms with Gasteiger partial charge in [0.2, 0.25) is 0 Å². The number of hydrogen-bond donors (Lipinski definition) is 0. The van der Waals surface area contributed by atoms with Gasteiger partial charge in [-0.3, -0.25) is 14.4 Å². The average molecular weight is 939 g/mol. The van der Waals surface area contributed by atoms with Crippen LogP contribution in [-0.2, 0) is 28.6 Å². The van der Waals surface area contributed by atoms with Crippen molar-refractivity contribution in [3.8, 4) is 0 Å². The molecule has 0 saturated carbocycles. The minimum Gasteiger partial charge on any atom is -0.462 e. The number of unbranched alkanes of at least 4 members (excludes halogenated alkanes) is 14. The Morgan fingerprint density at radius 2 is 0.529 bits per heavy atom. The van der Waals surface area contributed by atoms with E-state index < -0.39 is 6.10 Å². The van der Waals surface area contributed by atoms with E-state index in [9.17, 15) is 14.4 Å². The Kier molecular flexibility index (Phi) is 51.5. The summed E-state index contributed by atoms with van der Waals surface area (Å²) in [5, 5.41) is 0. The van der Waals surface area contributed by atoms with Crippen LogP contribution in [0, 0.1) is 0 Å². The molecule has 6 nitrogen and oxygen atoms in total. The Morgan fingerprint density at radius 3 is 0.868 bits per heavy atom. The second kappa shape index (κ2) is 55.1. The highest BCUT2D eigenvalue weighted by Crippen LogP contribution is 2.14. The molecule has 0 aromatic carbocycles. The normalized spacial score (nSPS) is 13.2. The van der Waals surface area contributed by atoms with Crippen LogP contribution in [0.2, 0.25) is 0 Å². The summed E-state index contributed by atoms with van der Waals surface area (Å²) in [6.07, 6.45) is 77.3. The minimum absolute atomic E-state index is 0.114. The summed E-state index contributed by atoms with van der Waals surface area (Å²) >= 11 is 0. The van der Waals surface area contributed by atoms with E-state index in [0.717, 1.165) is 141 Å². The average Bonchev–Trinajstić information content (AvgIpc) is 3.34. The lowest BCUT2D eigenvalue weighted by Crippen LogP contribution is -2.30. The summed E-state index contributed by atoms with van der Waals surface area (Å²) in [6.45, 7) is 6.22. The number of carbonyl (C=O) groups is 3. The first-order valence-corrected chi connectivity index (χ1v) is 27.2. The first kappa shape index (κ1) is 63.5. The largest absolute Gasteiger partial charge is 0.462 e. The van der Waals surface area contributed by atoms with Crippen molar-refractivity contribution in [1.29, 1.82) is 0 Å². The van der Waals surface area contributed by atoms with Gasteiger partial charge < -0.3 is 14.2 Å². The fourth-order valence-electron chi connectivity index (χ4n) is 6.91. The molecule has 0 saturated heterocycles. The molecule has 0 bridgehead atoms. The topological polar surface area (TPSA) is 78.9 Å². The predicted octanol–water partition coefficient (Wildman–Crippen LogP) is 18.3. The van der Waals surface area contributed by atoms with Crippen LogP contribution in [0.15, 0.2) is 134 Å². The van der Waals surface area contributed by atoms with Gasteiger partial charge in [0.1, 0.15) is 13.2 Å². The standard InChI is InChI=1S/C62H98O6/c1-4-7-10-13-16-19-22-25-27-29-31-33-35-37-40-43-46-49-52-55-61(64)67-58-59(57-66-60(63)54-51-48-45-42-39-24-21-18-15-12-9-6-3)68-62(65)56-53-50-47-44-41-38-36-34-32-30-28-26-23-20-17-14-11-8-5-2/h7-12,16-21,25-28,31,33,37,39-40,42,59H,4-6,13-15,22-24,29-30,32,34-36,38,41,43-58H2,1-3H3/b10-7-,11-8-,12-9-,19-16-,20-17-,21-18-,27-25-,28-26-,33-31-,40-37-,42-39-. The van der Waals surface area contributed by atoms with Crippen molar-refractivity contribution in [3.63, 3.8) is 0 Å². The van der Waals surface area contributed by atoms with Crippen LogP contribution in [0.4, 0.5) is 0 Å². The molecule has 6 heteroatoms. The molecule has 68 heavy (non-hydrogen) atoms. The highest BCUT2D eigenvalue weighted by molar-refractivity contribution is 5.71. The third kappa shape index (κ3) is 52.5. The summed E-state index contributed by atoms with van der Waals surface area (Å²) < 4.78 is 16.8. The summed E-state index contributed by atoms with van der Waals surface area (Å²) in [5.41, 5.74) is 0. The van der Waals surface area contributed by atoms with Gasteiger partial charge in [-0.05, 0) is 128 Å². The smallest absolute Gasteiger partial charge is 0.306 e. The van der Waals surface area contributed by atoms with Crippen molar-refractivity contribution >= 4 is 17.9 Å². The number of carbonyl (C=O) groups excluding carboxylic acids is 3. The van der Waals surface area contributed by atoms with Crippen molar-refractivity contribution in [2.75, 3.05) is 13.2 Å². The highest BCUT2D eigenvalue weighted by Gasteiger charge is 2.19. The molecule has 0 rings (SSSR count). The second-order valence-electron chi connectivity index (χ2n) is 17.3. The Morgan fingerprint density at radius 1 is 0.294 bits per heavy atom. The molecule has 0 spiro atoms. The van der Waals surface area contributed by atoms with Crippen LogP contribution >= 0.6 is 0 Å². The molecular formula is C62H98O6. The molecule has 0 aliphatic carbocycles. The number of ether oxygens (including phenoxy) is 3. The molecule has 1 unspecified atom stereocenters. The molecule has 0 heterocycles. The third-order valence-electron chi connectivity index (χ3n) is 10.9. The third-order valence-corrected chi connectivity index (χ3v) is 10.9. The maximum atomic E-state index is 12.8. The summed E-state index contributed by atoms with van der Waals surface area (Å²) in [4.78, 5) is 38.1. The number of hydrogen-bond acceptors (Lipinski definition) is 6. The van der Waals surface area contributed by atoms with Gasteiger partial charge in [-0.25, -0.2) is 0 Å². The molecule has 0 aromatic heterocycles. The zero-order valence-corrected chi connectivity index (χ0v) is 43.6. The van der Waals surface area contributed by atoms with E-state index in [1.54, 1.807) is 0 Å². The van der Waals surface area contributed by atoms with Crippen LogP contribution in [-0.4, -0.2) is 37.2 Å². The van der Waals surface area contributed by atoms with Gasteiger partial charge in [-0.2, -0.15) is 0 Å². The van der Waals surface area contributed by atoms with E-state index >= 15 is 0 Å². The fraction of sp³-hybridized carbons (Fsp3) is 0.597. The van der Waals surface area contributed by atoms with Gasteiger partial charge in [-0.15, -0.1) is 0 Å². The summed E-state index contributed by atoms with van der Waals surface area (Å²) in [7, 11) is 0. The molecule has 382 valence electrons. The van der Waals surface area contributed by atoms with Gasteiger partial charge in [0.05, 0.1) is 0 Å². The Balaban J connectivity index is 4.49. The van der Waals surface area contributed by atoms with Crippen molar-refractivity contribution in [1.82, 2.24) is 0 Å². The Hall–Kier alpha value is -4.45. The summed E-state index contributed by atoms with van der Waals surface area (Å²) in [5.74, 6) is -0.996. The van der Waals surface area contributed by atoms with Crippen LogP contribution in [0.3, 0.4) is 0 Å². The van der Waals surface area contributed by atoms with E-state index in [1.807, 2.05) is 0 Å². The first-order valence-electron chi connectivity index (χ1n) is 27.2. The maximum Gasteiger partial charge on any atom is 0.306 e. The van der Waals surface area contributed by atoms with Gasteiger partial charge in [0.15, 0.2) is 6.10 Å². The Bertz CT molecular complexity index is 1500. The van der Waals surface area contributed by atoms with Gasteiger partial charge in [0.25, 0.3) is 0 Å². The van der Waals surface area contributed by atoms with Gasteiger partial charge >= 0.3 is 17.9 Å². The van der Waals surface area contributed by atoms with Crippen molar-refractivity contribution in [2.45, 2.75) is 226 Å². The van der Waals surface area contributed by atoms with E-state index in [1.165, 1.54) is 38.5 Å². The lowest BCUT2D eigenvalue weighted by atomic mass is 10.1. The van der Waals surface area contributed by atoms with E-state index in [0.29, 0.717) is 19.3 Å². The monoisotopic (exact) mass is 939 g/mol. The molecule has 1 atom stereocenters. The minimum atomic E-state index is -0.815. The van der Waals surface area contributed by atoms with Crippen LogP contribution in [0.5, 0.6) is 0 Å². The molecule has 0 aromatic rings. The van der Waals surface area contributed by atoms with E-state index in [4.69, 9.17) is 14.2 Å². The highest BCUT2D eigenvalue weighted by atomic mass is 16.6. The molecule has 0 radical (unpaired) electrons. The van der Waals surface area contributed by atoms with E-state index in [2.05, 4.69) is 154 Å². The zero-order valence-electron chi connectivity index (χ0n) is 43.6. The fourth-order valence-corrected chi connectivity index (χ4v) is 6.91. The van der Waals surface area contributed by atoms with Crippen LogP contribution in [0.1, 0.15) is 220 Å². The molecule has 0 aliphatic heterocycles. The van der Waals surface area contributed by atoms with E-state index in [-0.39, 0.29) is 31.1 Å². The number of allylic oxidation sites excluding steroid dienone is 22. The lowest BCUT2D eigenvalue weighted by Gasteiger charge is -2.18. The zero-order chi connectivity index (χ0) is 49.3. The molecule has 0 amide bonds. The quantitative estimate of drug-likeness (QED) is 0.0262. The SMILES string of the molecule is CC/C=C\C/C=C\C/C=C\C/C=C\C/C=C\CCCCCC(=O)OCC(COC(=O)CCCC/C=C\C/C=C\C/C=C\CC)OC(=O)CCCCCCCCCCC/C=C\C/C=C\C/C=C\CC. The molecular weight excluding hydrogens is 841 g/mol. The van der Waals surface area contributed by atoms with Crippen LogP contribution < -0.4 is 0 Å². The number of esters is 3. The molecule has 0 N–H and O–H groups in total.